The van der Waals surface area contributed by atoms with E-state index in [4.69, 9.17) is 4.74 Å². The molecule has 0 aliphatic carbocycles. The van der Waals surface area contributed by atoms with Crippen molar-refractivity contribution in [2.24, 2.45) is 5.92 Å². The van der Waals surface area contributed by atoms with Crippen molar-refractivity contribution in [3.05, 3.63) is 53.9 Å². The molecule has 2 aromatic rings. The zero-order valence-electron chi connectivity index (χ0n) is 22.8. The minimum atomic E-state index is 0. The number of anilines is 1. The van der Waals surface area contributed by atoms with Crippen LogP contribution in [0.5, 0.6) is 5.75 Å². The number of aliphatic hydroxyl groups excluding tert-OH is 1. The van der Waals surface area contributed by atoms with Crippen LogP contribution in [0.2, 0.25) is 0 Å². The largest absolute Gasteiger partial charge is 0.493 e. The van der Waals surface area contributed by atoms with Crippen molar-refractivity contribution in [1.29, 1.82) is 0 Å². The van der Waals surface area contributed by atoms with Crippen LogP contribution in [0, 0.1) is 5.92 Å². The molecule has 1 aromatic heterocycles. The van der Waals surface area contributed by atoms with Gasteiger partial charge in [-0.1, -0.05) is 32.1 Å². The van der Waals surface area contributed by atoms with Crippen LogP contribution in [-0.2, 0) is 11.2 Å². The van der Waals surface area contributed by atoms with Gasteiger partial charge in [-0.3, -0.25) is 4.79 Å². The number of hydrogen-bond acceptors (Lipinski definition) is 6. The normalized spacial score (nSPS) is 18.4. The molecule has 1 amide bonds. The van der Waals surface area contributed by atoms with Gasteiger partial charge in [-0.2, -0.15) is 0 Å². The number of nitrogens with zero attached hydrogens (tertiary/aromatic N) is 4. The van der Waals surface area contributed by atoms with Crippen molar-refractivity contribution in [3.8, 4) is 5.75 Å². The number of carbonyl (C=O) groups is 1. The second-order valence-corrected chi connectivity index (χ2v) is 10.2. The van der Waals surface area contributed by atoms with E-state index < -0.39 is 0 Å². The summed E-state index contributed by atoms with van der Waals surface area (Å²) >= 11 is 0. The molecule has 38 heavy (non-hydrogen) atoms. The Hall–Kier alpha value is -2.64. The number of benzene rings is 1. The fraction of sp³-hybridized carbons (Fsp3) is 0.567. The maximum Gasteiger partial charge on any atom is 0.225 e. The minimum absolute atomic E-state index is 0. The number of halogens is 1. The molecule has 4 rings (SSSR count). The molecule has 2 fully saturated rings. The predicted octanol–water partition coefficient (Wildman–Crippen LogP) is 5.31. The quantitative estimate of drug-likeness (QED) is 0.414. The maximum absolute atomic E-state index is 12.5. The number of allylic oxidation sites excluding steroid dienone is 2. The summed E-state index contributed by atoms with van der Waals surface area (Å²) in [7, 11) is 0. The molecule has 0 spiro atoms. The Labute approximate surface area is 233 Å². The summed E-state index contributed by atoms with van der Waals surface area (Å²) < 4.78 is 6.14. The summed E-state index contributed by atoms with van der Waals surface area (Å²) in [6.07, 6.45) is 13.2. The van der Waals surface area contributed by atoms with E-state index in [2.05, 4.69) is 59.1 Å². The molecule has 2 saturated heterocycles. The van der Waals surface area contributed by atoms with Crippen LogP contribution in [0.3, 0.4) is 0 Å². The van der Waals surface area contributed by atoms with Gasteiger partial charge in [0.25, 0.3) is 0 Å². The second-order valence-electron chi connectivity index (χ2n) is 10.2. The van der Waals surface area contributed by atoms with E-state index in [0.29, 0.717) is 12.3 Å². The van der Waals surface area contributed by atoms with E-state index in [1.165, 1.54) is 16.7 Å². The van der Waals surface area contributed by atoms with Gasteiger partial charge in [0.2, 0.25) is 11.9 Å². The Morgan fingerprint density at radius 3 is 2.42 bits per heavy atom. The molecular formula is C30H43ClN4O3. The minimum Gasteiger partial charge on any atom is -0.493 e. The molecule has 7 nitrogen and oxygen atoms in total. The van der Waals surface area contributed by atoms with Crippen molar-refractivity contribution < 1.29 is 14.6 Å². The molecule has 1 aromatic carbocycles. The zero-order valence-corrected chi connectivity index (χ0v) is 23.7. The number of likely N-dealkylation sites (tertiary alicyclic amines) is 1. The predicted molar refractivity (Wildman–Crippen MR) is 155 cm³/mol. The van der Waals surface area contributed by atoms with Crippen LogP contribution in [0.4, 0.5) is 5.95 Å². The third kappa shape index (κ3) is 7.93. The number of hydrogen-bond donors (Lipinski definition) is 1. The number of aromatic nitrogens is 2. The molecule has 0 saturated carbocycles. The van der Waals surface area contributed by atoms with Crippen molar-refractivity contribution in [2.45, 2.75) is 71.3 Å². The number of aryl methyl sites for hydroxylation is 1. The van der Waals surface area contributed by atoms with Crippen LogP contribution >= 0.6 is 12.4 Å². The number of ether oxygens (including phenoxy) is 1. The molecule has 8 heteroatoms. The van der Waals surface area contributed by atoms with Crippen molar-refractivity contribution >= 4 is 29.8 Å². The van der Waals surface area contributed by atoms with Gasteiger partial charge in [-0.05, 0) is 79.7 Å². The lowest BCUT2D eigenvalue weighted by Crippen LogP contribution is -2.37. The Balaban J connectivity index is 0.00000400. The Bertz CT molecular complexity index is 1020. The Morgan fingerprint density at radius 1 is 1.08 bits per heavy atom. The Kier molecular flexibility index (Phi) is 11.9. The van der Waals surface area contributed by atoms with Gasteiger partial charge in [0.05, 0.1) is 19.3 Å². The highest BCUT2D eigenvalue weighted by Crippen LogP contribution is 2.25. The summed E-state index contributed by atoms with van der Waals surface area (Å²) in [5, 5.41) is 9.47. The standard InChI is InChI=1S/C30H42N4O3.ClH/c1-3-23-19-31-30(32-20-23)33-17-14-24(15-18-33)22-37-28-12-10-26(11-13-28)25(4-2)7-5-9-29(36)34-16-6-8-27(34)21-35;/h7,10-13,19-20,24,27,35H,3-6,8-9,14-18,21-22H2,1-2H3;1H/b25-7+;/t27-;/m1./s1. The summed E-state index contributed by atoms with van der Waals surface area (Å²) in [6.45, 7) is 7.76. The number of amides is 1. The van der Waals surface area contributed by atoms with Crippen LogP contribution in [0.1, 0.15) is 69.9 Å². The molecule has 1 atom stereocenters. The lowest BCUT2D eigenvalue weighted by atomic mass is 9.98. The SMILES string of the molecule is CC/C(=C\CCC(=O)N1CCC[C@@H]1CO)c1ccc(OCC2CCN(c3ncc(CC)cn3)CC2)cc1.Cl. The van der Waals surface area contributed by atoms with E-state index in [1.807, 2.05) is 17.3 Å². The van der Waals surface area contributed by atoms with Crippen LogP contribution < -0.4 is 9.64 Å². The van der Waals surface area contributed by atoms with Gasteiger partial charge >= 0.3 is 0 Å². The number of piperidine rings is 1. The Morgan fingerprint density at radius 2 is 1.79 bits per heavy atom. The van der Waals surface area contributed by atoms with E-state index >= 15 is 0 Å². The smallest absolute Gasteiger partial charge is 0.225 e. The van der Waals surface area contributed by atoms with Crippen molar-refractivity contribution in [1.82, 2.24) is 14.9 Å². The van der Waals surface area contributed by atoms with Crippen LogP contribution in [0.15, 0.2) is 42.7 Å². The molecule has 0 unspecified atom stereocenters. The first-order valence-electron chi connectivity index (χ1n) is 14.0. The molecule has 208 valence electrons. The third-order valence-corrected chi connectivity index (χ3v) is 7.75. The molecule has 2 aliphatic rings. The number of rotatable bonds is 11. The van der Waals surface area contributed by atoms with E-state index in [0.717, 1.165) is 82.9 Å². The van der Waals surface area contributed by atoms with Gasteiger partial charge in [-0.15, -0.1) is 12.4 Å². The third-order valence-electron chi connectivity index (χ3n) is 7.75. The summed E-state index contributed by atoms with van der Waals surface area (Å²) in [6, 6.07) is 8.36. The fourth-order valence-electron chi connectivity index (χ4n) is 5.31. The van der Waals surface area contributed by atoms with Crippen molar-refractivity contribution in [2.75, 3.05) is 37.7 Å². The highest BCUT2D eigenvalue weighted by atomic mass is 35.5. The lowest BCUT2D eigenvalue weighted by molar-refractivity contribution is -0.132. The van der Waals surface area contributed by atoms with Gasteiger partial charge < -0.3 is 19.6 Å². The summed E-state index contributed by atoms with van der Waals surface area (Å²) in [4.78, 5) is 25.7. The molecular weight excluding hydrogens is 500 g/mol. The van der Waals surface area contributed by atoms with Gasteiger partial charge in [0.1, 0.15) is 5.75 Å². The topological polar surface area (TPSA) is 78.8 Å². The van der Waals surface area contributed by atoms with Gasteiger partial charge in [-0.25, -0.2) is 9.97 Å². The monoisotopic (exact) mass is 542 g/mol. The average Bonchev–Trinajstić information content (AvgIpc) is 3.44. The second kappa shape index (κ2) is 15.1. The van der Waals surface area contributed by atoms with Crippen LogP contribution in [-0.4, -0.2) is 64.8 Å². The number of carbonyl (C=O) groups excluding carboxylic acids is 1. The fourth-order valence-corrected chi connectivity index (χ4v) is 5.31. The molecule has 0 bridgehead atoms. The van der Waals surface area contributed by atoms with Gasteiger partial charge in [0.15, 0.2) is 0 Å². The molecule has 3 heterocycles. The molecule has 0 radical (unpaired) electrons. The van der Waals surface area contributed by atoms with Crippen molar-refractivity contribution in [3.63, 3.8) is 0 Å². The summed E-state index contributed by atoms with van der Waals surface area (Å²) in [5.41, 5.74) is 3.60. The van der Waals surface area contributed by atoms with Crippen LogP contribution in [0.25, 0.3) is 5.57 Å². The first-order chi connectivity index (χ1) is 18.1. The highest BCUT2D eigenvalue weighted by molar-refractivity contribution is 5.85. The first-order valence-corrected chi connectivity index (χ1v) is 14.0. The van der Waals surface area contributed by atoms with E-state index in [-0.39, 0.29) is 31.0 Å². The average molecular weight is 543 g/mol. The molecule has 1 N–H and O–H groups in total. The van der Waals surface area contributed by atoms with E-state index in [9.17, 15) is 9.90 Å². The highest BCUT2D eigenvalue weighted by Gasteiger charge is 2.27. The number of aliphatic hydroxyl groups is 1. The zero-order chi connectivity index (χ0) is 26.0. The van der Waals surface area contributed by atoms with E-state index in [1.54, 1.807) is 0 Å². The first kappa shape index (κ1) is 29.9. The lowest BCUT2D eigenvalue weighted by Gasteiger charge is -2.31. The molecule has 2 aliphatic heterocycles. The maximum atomic E-state index is 12.5. The summed E-state index contributed by atoms with van der Waals surface area (Å²) in [5.74, 6) is 2.43. The van der Waals surface area contributed by atoms with Gasteiger partial charge in [0, 0.05) is 38.4 Å².